The van der Waals surface area contributed by atoms with E-state index in [-0.39, 0.29) is 18.4 Å². The van der Waals surface area contributed by atoms with Crippen LogP contribution in [0.3, 0.4) is 0 Å². The first-order valence-electron chi connectivity index (χ1n) is 14.2. The Labute approximate surface area is 245 Å². The van der Waals surface area contributed by atoms with Crippen molar-refractivity contribution in [1.29, 1.82) is 0 Å². The van der Waals surface area contributed by atoms with Gasteiger partial charge in [-0.05, 0) is 75.6 Å². The zero-order valence-corrected chi connectivity index (χ0v) is 24.3. The molecule has 1 unspecified atom stereocenters. The van der Waals surface area contributed by atoms with E-state index in [1.165, 1.54) is 4.90 Å². The van der Waals surface area contributed by atoms with Crippen molar-refractivity contribution in [3.8, 4) is 5.75 Å². The third-order valence-electron chi connectivity index (χ3n) is 6.83. The number of nitrogens with zero attached hydrogens (tertiary/aromatic N) is 3. The lowest BCUT2D eigenvalue weighted by molar-refractivity contribution is -0.163. The van der Waals surface area contributed by atoms with Crippen LogP contribution in [-0.2, 0) is 16.1 Å². The van der Waals surface area contributed by atoms with Crippen molar-refractivity contribution < 1.29 is 28.3 Å². The number of carbonyl (C=O) groups is 3. The Hall–Kier alpha value is -4.66. The summed E-state index contributed by atoms with van der Waals surface area (Å²) in [6.45, 7) is 8.52. The Morgan fingerprint density at radius 3 is 2.33 bits per heavy atom. The highest BCUT2D eigenvalue weighted by molar-refractivity contribution is 6.21. The van der Waals surface area contributed by atoms with Crippen molar-refractivity contribution in [2.45, 2.75) is 58.8 Å². The number of benzene rings is 3. The summed E-state index contributed by atoms with van der Waals surface area (Å²) >= 11 is 0. The lowest BCUT2D eigenvalue weighted by Gasteiger charge is -2.24. The SMILES string of the molecule is CCC(Oc1cccc(CN(CCCN2C(=O)c3ccccc3C2=O)c2nc3ccccc3o2)c1)C(=O)OC(C)(C)C. The van der Waals surface area contributed by atoms with Gasteiger partial charge in [0.1, 0.15) is 16.9 Å². The zero-order valence-electron chi connectivity index (χ0n) is 24.3. The smallest absolute Gasteiger partial charge is 0.347 e. The van der Waals surface area contributed by atoms with Crippen molar-refractivity contribution in [1.82, 2.24) is 9.88 Å². The molecule has 0 fully saturated rings. The van der Waals surface area contributed by atoms with Gasteiger partial charge in [-0.1, -0.05) is 43.3 Å². The molecular formula is C33H35N3O6. The van der Waals surface area contributed by atoms with Crippen LogP contribution in [0, 0.1) is 0 Å². The van der Waals surface area contributed by atoms with Crippen molar-refractivity contribution in [2.24, 2.45) is 0 Å². The van der Waals surface area contributed by atoms with E-state index in [0.717, 1.165) is 11.1 Å². The van der Waals surface area contributed by atoms with E-state index in [2.05, 4.69) is 4.98 Å². The molecule has 218 valence electrons. The maximum atomic E-state index is 12.8. The minimum absolute atomic E-state index is 0.264. The van der Waals surface area contributed by atoms with E-state index in [1.54, 1.807) is 24.3 Å². The minimum atomic E-state index is -0.729. The van der Waals surface area contributed by atoms with Gasteiger partial charge < -0.3 is 18.8 Å². The second kappa shape index (κ2) is 12.1. The Kier molecular flexibility index (Phi) is 8.29. The van der Waals surface area contributed by atoms with Gasteiger partial charge in [0.15, 0.2) is 11.7 Å². The number of hydrogen-bond acceptors (Lipinski definition) is 8. The fourth-order valence-corrected chi connectivity index (χ4v) is 4.87. The van der Waals surface area contributed by atoms with Crippen molar-refractivity contribution in [2.75, 3.05) is 18.0 Å². The molecule has 9 heteroatoms. The summed E-state index contributed by atoms with van der Waals surface area (Å²) in [5, 5.41) is 0. The van der Waals surface area contributed by atoms with Gasteiger partial charge in [0.2, 0.25) is 0 Å². The Morgan fingerprint density at radius 2 is 1.67 bits per heavy atom. The first-order valence-corrected chi connectivity index (χ1v) is 14.2. The molecule has 1 aromatic heterocycles. The second-order valence-electron chi connectivity index (χ2n) is 11.2. The summed E-state index contributed by atoms with van der Waals surface area (Å²) in [5.74, 6) is -0.404. The van der Waals surface area contributed by atoms with Crippen LogP contribution in [0.1, 0.15) is 66.8 Å². The molecule has 1 atom stereocenters. The molecule has 0 saturated carbocycles. The van der Waals surface area contributed by atoms with Gasteiger partial charge in [-0.3, -0.25) is 14.5 Å². The first kappa shape index (κ1) is 28.9. The number of amides is 2. The van der Waals surface area contributed by atoms with Gasteiger partial charge >= 0.3 is 5.97 Å². The van der Waals surface area contributed by atoms with Crippen LogP contribution in [0.5, 0.6) is 5.75 Å². The molecule has 0 radical (unpaired) electrons. The standard InChI is InChI=1S/C33H35N3O6/c1-5-27(31(39)42-33(2,3)4)40-23-13-10-12-22(20-23)21-35(32-34-26-16-8-9-17-28(26)41-32)18-11-19-36-29(37)24-14-6-7-15-25(24)30(36)38/h6-10,12-17,20,27H,5,11,18-19,21H2,1-4H3. The highest BCUT2D eigenvalue weighted by Crippen LogP contribution is 2.26. The number of oxazole rings is 1. The molecule has 5 rings (SSSR count). The summed E-state index contributed by atoms with van der Waals surface area (Å²) in [5.41, 5.74) is 2.58. The Morgan fingerprint density at radius 1 is 0.976 bits per heavy atom. The minimum Gasteiger partial charge on any atom is -0.479 e. The largest absolute Gasteiger partial charge is 0.479 e. The van der Waals surface area contributed by atoms with Gasteiger partial charge in [-0.25, -0.2) is 4.79 Å². The number of para-hydroxylation sites is 2. The summed E-state index contributed by atoms with van der Waals surface area (Å²) in [6.07, 6.45) is 0.246. The predicted octanol–water partition coefficient (Wildman–Crippen LogP) is 6.02. The molecule has 9 nitrogen and oxygen atoms in total. The molecule has 0 saturated heterocycles. The topological polar surface area (TPSA) is 102 Å². The van der Waals surface area contributed by atoms with Crippen molar-refractivity contribution in [3.63, 3.8) is 0 Å². The Balaban J connectivity index is 1.32. The summed E-state index contributed by atoms with van der Waals surface area (Å²) in [6, 6.07) is 22.4. The molecule has 4 aromatic rings. The van der Waals surface area contributed by atoms with E-state index < -0.39 is 17.7 Å². The molecule has 1 aliphatic heterocycles. The van der Waals surface area contributed by atoms with E-state index in [0.29, 0.717) is 54.4 Å². The quantitative estimate of drug-likeness (QED) is 0.160. The van der Waals surface area contributed by atoms with Gasteiger partial charge in [-0.2, -0.15) is 4.98 Å². The number of anilines is 1. The molecule has 0 spiro atoms. The van der Waals surface area contributed by atoms with Crippen LogP contribution >= 0.6 is 0 Å². The van der Waals surface area contributed by atoms with E-state index in [1.807, 2.05) is 81.1 Å². The first-order chi connectivity index (χ1) is 20.1. The van der Waals surface area contributed by atoms with Crippen molar-refractivity contribution >= 4 is 34.9 Å². The number of esters is 1. The number of hydrogen-bond donors (Lipinski definition) is 0. The second-order valence-corrected chi connectivity index (χ2v) is 11.2. The van der Waals surface area contributed by atoms with Crippen LogP contribution in [0.4, 0.5) is 6.01 Å². The maximum Gasteiger partial charge on any atom is 0.347 e. The van der Waals surface area contributed by atoms with E-state index in [9.17, 15) is 14.4 Å². The number of ether oxygens (including phenoxy) is 2. The fraction of sp³-hybridized carbons (Fsp3) is 0.333. The van der Waals surface area contributed by atoms with Crippen LogP contribution in [-0.4, -0.2) is 52.5 Å². The lowest BCUT2D eigenvalue weighted by atomic mass is 10.1. The normalized spacial score (nSPS) is 13.8. The average Bonchev–Trinajstić information content (AvgIpc) is 3.50. The number of imide groups is 1. The van der Waals surface area contributed by atoms with Gasteiger partial charge in [0, 0.05) is 19.6 Å². The van der Waals surface area contributed by atoms with E-state index >= 15 is 0 Å². The summed E-state index contributed by atoms with van der Waals surface area (Å²) in [7, 11) is 0. The maximum absolute atomic E-state index is 12.8. The predicted molar refractivity (Wildman–Crippen MR) is 158 cm³/mol. The highest BCUT2D eigenvalue weighted by atomic mass is 16.6. The zero-order chi connectivity index (χ0) is 29.9. The molecule has 0 N–H and O–H groups in total. The molecule has 3 aromatic carbocycles. The number of rotatable bonds is 11. The number of aromatic nitrogens is 1. The molecule has 1 aliphatic rings. The highest BCUT2D eigenvalue weighted by Gasteiger charge is 2.34. The lowest BCUT2D eigenvalue weighted by Crippen LogP contribution is -2.35. The molecule has 0 bridgehead atoms. The fourth-order valence-electron chi connectivity index (χ4n) is 4.87. The molecule has 2 heterocycles. The molecule has 0 aliphatic carbocycles. The molecular weight excluding hydrogens is 534 g/mol. The van der Waals surface area contributed by atoms with Crippen LogP contribution in [0.15, 0.2) is 77.2 Å². The van der Waals surface area contributed by atoms with E-state index in [4.69, 9.17) is 13.9 Å². The van der Waals surface area contributed by atoms with Crippen LogP contribution < -0.4 is 9.64 Å². The summed E-state index contributed by atoms with van der Waals surface area (Å²) < 4.78 is 17.6. The molecule has 42 heavy (non-hydrogen) atoms. The third kappa shape index (κ3) is 6.46. The van der Waals surface area contributed by atoms with Crippen LogP contribution in [0.25, 0.3) is 11.1 Å². The summed E-state index contributed by atoms with van der Waals surface area (Å²) in [4.78, 5) is 46.3. The number of carbonyl (C=O) groups excluding carboxylic acids is 3. The van der Waals surface area contributed by atoms with Gasteiger partial charge in [-0.15, -0.1) is 0 Å². The monoisotopic (exact) mass is 569 g/mol. The van der Waals surface area contributed by atoms with Gasteiger partial charge in [0.25, 0.3) is 17.8 Å². The van der Waals surface area contributed by atoms with Crippen molar-refractivity contribution in [3.05, 3.63) is 89.5 Å². The number of fused-ring (bicyclic) bond motifs is 2. The van der Waals surface area contributed by atoms with Gasteiger partial charge in [0.05, 0.1) is 11.1 Å². The Bertz CT molecular complexity index is 1540. The van der Waals surface area contributed by atoms with Crippen LogP contribution in [0.2, 0.25) is 0 Å². The molecule has 2 amide bonds. The average molecular weight is 570 g/mol. The third-order valence-corrected chi connectivity index (χ3v) is 6.83.